The maximum absolute atomic E-state index is 12.9. The van der Waals surface area contributed by atoms with E-state index in [1.54, 1.807) is 0 Å². The molecule has 0 spiro atoms. The number of hydrogen-bond acceptors (Lipinski definition) is 6. The molecule has 0 amide bonds. The van der Waals surface area contributed by atoms with Gasteiger partial charge in [0.25, 0.3) is 0 Å². The lowest BCUT2D eigenvalue weighted by molar-refractivity contribution is -0.167. The molecule has 0 rings (SSSR count). The Bertz CT molecular complexity index is 1520. The molecule has 0 saturated carbocycles. The molecule has 0 aromatic heterocycles. The molecule has 0 bridgehead atoms. The van der Waals surface area contributed by atoms with Crippen LogP contribution in [-0.2, 0) is 28.6 Å². The summed E-state index contributed by atoms with van der Waals surface area (Å²) in [6.07, 6.45) is 93.8. The van der Waals surface area contributed by atoms with E-state index in [1.807, 2.05) is 0 Å². The quantitative estimate of drug-likeness (QED) is 0.0261. The molecule has 0 radical (unpaired) electrons. The average molecular weight is 1160 g/mol. The molecule has 0 aliphatic carbocycles. The first-order chi connectivity index (χ1) is 41.0. The zero-order valence-corrected chi connectivity index (χ0v) is 55.5. The predicted octanol–water partition coefficient (Wildman–Crippen LogP) is 25.2. The van der Waals surface area contributed by atoms with E-state index in [1.165, 1.54) is 244 Å². The number of unbranched alkanes of at least 4 members (excludes halogenated alkanes) is 44. The number of carbonyl (C=O) groups excluding carboxylic acids is 3. The second-order valence-corrected chi connectivity index (χ2v) is 24.5. The van der Waals surface area contributed by atoms with Crippen LogP contribution >= 0.6 is 0 Å². The van der Waals surface area contributed by atoms with E-state index in [2.05, 4.69) is 93.7 Å². The maximum Gasteiger partial charge on any atom is 0.306 e. The van der Waals surface area contributed by atoms with Gasteiger partial charge in [-0.25, -0.2) is 0 Å². The van der Waals surface area contributed by atoms with Gasteiger partial charge in [0, 0.05) is 19.3 Å². The lowest BCUT2D eigenvalue weighted by Gasteiger charge is -2.18. The van der Waals surface area contributed by atoms with Crippen molar-refractivity contribution in [1.82, 2.24) is 0 Å². The first-order valence-corrected chi connectivity index (χ1v) is 36.4. The highest BCUT2D eigenvalue weighted by Gasteiger charge is 2.19. The van der Waals surface area contributed by atoms with Gasteiger partial charge >= 0.3 is 17.9 Å². The first-order valence-electron chi connectivity index (χ1n) is 36.4. The molecule has 0 fully saturated rings. The molecule has 482 valence electrons. The minimum absolute atomic E-state index is 0.0759. The molecule has 0 N–H and O–H groups in total. The minimum atomic E-state index is -0.781. The largest absolute Gasteiger partial charge is 0.462 e. The van der Waals surface area contributed by atoms with E-state index in [-0.39, 0.29) is 31.1 Å². The van der Waals surface area contributed by atoms with Crippen LogP contribution in [0.5, 0.6) is 0 Å². The summed E-state index contributed by atoms with van der Waals surface area (Å²) in [6.45, 7) is 6.55. The summed E-state index contributed by atoms with van der Waals surface area (Å²) < 4.78 is 17.0. The highest BCUT2D eigenvalue weighted by atomic mass is 16.6. The third-order valence-electron chi connectivity index (χ3n) is 16.2. The number of carbonyl (C=O) groups is 3. The van der Waals surface area contributed by atoms with Crippen molar-refractivity contribution in [2.45, 2.75) is 386 Å². The smallest absolute Gasteiger partial charge is 0.306 e. The predicted molar refractivity (Wildman–Crippen MR) is 362 cm³/mol. The Hall–Kier alpha value is -3.15. The Kier molecular flexibility index (Phi) is 68.6. The van der Waals surface area contributed by atoms with Gasteiger partial charge in [-0.3, -0.25) is 14.4 Å². The number of hydrogen-bond donors (Lipinski definition) is 0. The second-order valence-electron chi connectivity index (χ2n) is 24.5. The van der Waals surface area contributed by atoms with Gasteiger partial charge in [-0.1, -0.05) is 325 Å². The Morgan fingerprint density at radius 2 is 0.470 bits per heavy atom. The Morgan fingerprint density at radius 1 is 0.253 bits per heavy atom. The molecule has 6 heteroatoms. The average Bonchev–Trinajstić information content (AvgIpc) is 3.49. The van der Waals surface area contributed by atoms with Crippen molar-refractivity contribution in [2.24, 2.45) is 0 Å². The van der Waals surface area contributed by atoms with Gasteiger partial charge < -0.3 is 14.2 Å². The molecule has 0 saturated heterocycles. The van der Waals surface area contributed by atoms with Gasteiger partial charge in [0.05, 0.1) is 0 Å². The maximum atomic E-state index is 12.9. The van der Waals surface area contributed by atoms with Crippen molar-refractivity contribution >= 4 is 17.9 Å². The fraction of sp³-hybridized carbons (Fsp3) is 0.805. The highest BCUT2D eigenvalue weighted by molar-refractivity contribution is 5.71. The van der Waals surface area contributed by atoms with Crippen LogP contribution in [0, 0.1) is 0 Å². The SMILES string of the molecule is CC/C=C\C/C=C\C/C=C\C/C=C\CCCCCCCCCCCCCCCCCCCCCCCCC(=O)OCC(COC(=O)CCCCCCC/C=C\CCCCCCC)OC(=O)CCCCCCC/C=C\CCCCCCCCC. The van der Waals surface area contributed by atoms with Crippen LogP contribution in [-0.4, -0.2) is 37.2 Å². The highest BCUT2D eigenvalue weighted by Crippen LogP contribution is 2.18. The van der Waals surface area contributed by atoms with Crippen molar-refractivity contribution in [2.75, 3.05) is 13.2 Å². The van der Waals surface area contributed by atoms with Crippen LogP contribution in [0.4, 0.5) is 0 Å². The first kappa shape index (κ1) is 79.8. The van der Waals surface area contributed by atoms with E-state index in [9.17, 15) is 14.4 Å². The summed E-state index contributed by atoms with van der Waals surface area (Å²) in [5.41, 5.74) is 0. The zero-order valence-electron chi connectivity index (χ0n) is 55.5. The Balaban J connectivity index is 4.11. The number of ether oxygens (including phenoxy) is 3. The monoisotopic (exact) mass is 1160 g/mol. The van der Waals surface area contributed by atoms with Gasteiger partial charge in [-0.05, 0) is 109 Å². The van der Waals surface area contributed by atoms with Gasteiger partial charge in [0.15, 0.2) is 6.10 Å². The van der Waals surface area contributed by atoms with Crippen LogP contribution in [0.2, 0.25) is 0 Å². The van der Waals surface area contributed by atoms with Crippen LogP contribution in [0.1, 0.15) is 380 Å². The van der Waals surface area contributed by atoms with E-state index in [4.69, 9.17) is 14.2 Å². The summed E-state index contributed by atoms with van der Waals surface area (Å²) >= 11 is 0. The molecule has 83 heavy (non-hydrogen) atoms. The lowest BCUT2D eigenvalue weighted by Crippen LogP contribution is -2.30. The van der Waals surface area contributed by atoms with Gasteiger partial charge in [0.2, 0.25) is 0 Å². The van der Waals surface area contributed by atoms with Crippen LogP contribution in [0.15, 0.2) is 72.9 Å². The molecular formula is C77H138O6. The van der Waals surface area contributed by atoms with Crippen LogP contribution in [0.3, 0.4) is 0 Å². The van der Waals surface area contributed by atoms with Gasteiger partial charge in [0.1, 0.15) is 13.2 Å². The molecule has 0 heterocycles. The summed E-state index contributed by atoms with van der Waals surface area (Å²) in [4.78, 5) is 38.4. The van der Waals surface area contributed by atoms with Gasteiger partial charge in [-0.2, -0.15) is 0 Å². The van der Waals surface area contributed by atoms with E-state index in [0.29, 0.717) is 19.3 Å². The molecule has 1 unspecified atom stereocenters. The third kappa shape index (κ3) is 69.5. The van der Waals surface area contributed by atoms with E-state index < -0.39 is 6.10 Å². The molecule has 0 aliphatic heterocycles. The van der Waals surface area contributed by atoms with Crippen molar-refractivity contribution in [1.29, 1.82) is 0 Å². The molecule has 0 aliphatic rings. The fourth-order valence-electron chi connectivity index (χ4n) is 10.7. The molecule has 0 aromatic rings. The lowest BCUT2D eigenvalue weighted by atomic mass is 10.0. The molecule has 6 nitrogen and oxygen atoms in total. The fourth-order valence-corrected chi connectivity index (χ4v) is 10.7. The number of rotatable bonds is 67. The van der Waals surface area contributed by atoms with E-state index in [0.717, 1.165) is 96.3 Å². The van der Waals surface area contributed by atoms with Crippen LogP contribution in [0.25, 0.3) is 0 Å². The van der Waals surface area contributed by atoms with Crippen molar-refractivity contribution in [3.63, 3.8) is 0 Å². The summed E-state index contributed by atoms with van der Waals surface area (Å²) in [7, 11) is 0. The van der Waals surface area contributed by atoms with Gasteiger partial charge in [-0.15, -0.1) is 0 Å². The second kappa shape index (κ2) is 71.3. The van der Waals surface area contributed by atoms with Crippen molar-refractivity contribution < 1.29 is 28.6 Å². The Labute approximate surface area is 516 Å². The Morgan fingerprint density at radius 3 is 0.747 bits per heavy atom. The summed E-state index contributed by atoms with van der Waals surface area (Å²) in [5.74, 6) is -0.870. The summed E-state index contributed by atoms with van der Waals surface area (Å²) in [6, 6.07) is 0. The number of allylic oxidation sites excluding steroid dienone is 12. The van der Waals surface area contributed by atoms with Crippen molar-refractivity contribution in [3.8, 4) is 0 Å². The zero-order chi connectivity index (χ0) is 59.9. The number of esters is 3. The summed E-state index contributed by atoms with van der Waals surface area (Å²) in [5, 5.41) is 0. The molecule has 1 atom stereocenters. The third-order valence-corrected chi connectivity index (χ3v) is 16.2. The molecule has 0 aromatic carbocycles. The topological polar surface area (TPSA) is 78.9 Å². The van der Waals surface area contributed by atoms with E-state index >= 15 is 0 Å². The van der Waals surface area contributed by atoms with Crippen molar-refractivity contribution in [3.05, 3.63) is 72.9 Å². The normalized spacial score (nSPS) is 12.5. The van der Waals surface area contributed by atoms with Crippen LogP contribution < -0.4 is 0 Å². The molecular weight excluding hydrogens is 1020 g/mol. The minimum Gasteiger partial charge on any atom is -0.462 e. The standard InChI is InChI=1S/C77H138O6/c1-4-7-10-13-16-19-22-25-28-30-31-32-33-34-35-36-37-38-39-40-41-42-43-44-45-46-47-48-50-52-55-58-61-64-67-70-76(79)82-73-74(72-81-75(78)69-66-63-60-57-54-51-27-24-21-18-15-12-9-6-3)83-77(80)71-68-65-62-59-56-53-49-29-26-23-20-17-14-11-8-5-2/h7,10,16,19,24-25,27-29,31-32,49,74H,4-6,8-9,11-15,17-18,20-23,26,30,33-48,50-73H2,1-3H3/b10-7-,19-16-,27-24-,28-25-,32-31-,49-29-.